The maximum absolute atomic E-state index is 14.3. The summed E-state index contributed by atoms with van der Waals surface area (Å²) in [7, 11) is 0. The van der Waals surface area contributed by atoms with Crippen molar-refractivity contribution in [1.29, 1.82) is 0 Å². The van der Waals surface area contributed by atoms with Crippen LogP contribution in [-0.4, -0.2) is 84.6 Å². The molecule has 1 saturated heterocycles. The van der Waals surface area contributed by atoms with Crippen molar-refractivity contribution in [1.82, 2.24) is 34.1 Å². The fraction of sp³-hybridized carbons (Fsp3) is 0.424. The number of benzene rings is 2. The van der Waals surface area contributed by atoms with Crippen molar-refractivity contribution < 1.29 is 9.50 Å². The van der Waals surface area contributed by atoms with Crippen LogP contribution in [0, 0.1) is 5.82 Å². The van der Waals surface area contributed by atoms with Crippen LogP contribution in [0.25, 0.3) is 33.2 Å². The van der Waals surface area contributed by atoms with E-state index in [-0.39, 0.29) is 18.5 Å². The summed E-state index contributed by atoms with van der Waals surface area (Å²) in [5, 5.41) is 16.2. The molecule has 1 saturated carbocycles. The van der Waals surface area contributed by atoms with E-state index in [1.54, 1.807) is 6.07 Å². The number of aliphatic hydroxyl groups excluding tert-OH is 1. The lowest BCUT2D eigenvalue weighted by atomic mass is 9.90. The van der Waals surface area contributed by atoms with Gasteiger partial charge in [0.2, 0.25) is 0 Å². The SMILES string of the molecule is Nc1ncnc2c1c(-c1ccc3c(ccn3Cc3ccccc3F)c1)nn2C1CCC(N2CCN(CCCO)CC2)CC1. The Morgan fingerprint density at radius 1 is 0.930 bits per heavy atom. The van der Waals surface area contributed by atoms with Crippen LogP contribution in [0.4, 0.5) is 10.2 Å². The van der Waals surface area contributed by atoms with Crippen molar-refractivity contribution in [3.8, 4) is 11.3 Å². The van der Waals surface area contributed by atoms with E-state index in [1.807, 2.05) is 18.3 Å². The predicted octanol–water partition coefficient (Wildman–Crippen LogP) is 4.70. The summed E-state index contributed by atoms with van der Waals surface area (Å²) in [5.74, 6) is 0.246. The van der Waals surface area contributed by atoms with Gasteiger partial charge in [-0.2, -0.15) is 5.10 Å². The van der Waals surface area contributed by atoms with Crippen molar-refractivity contribution in [2.75, 3.05) is 45.1 Å². The molecule has 9 nitrogen and oxygen atoms in total. The molecule has 2 aliphatic rings. The zero-order chi connectivity index (χ0) is 29.3. The molecule has 2 fully saturated rings. The van der Waals surface area contributed by atoms with Gasteiger partial charge < -0.3 is 20.3 Å². The predicted molar refractivity (Wildman–Crippen MR) is 167 cm³/mol. The minimum absolute atomic E-state index is 0.195. The van der Waals surface area contributed by atoms with E-state index < -0.39 is 0 Å². The van der Waals surface area contributed by atoms with Gasteiger partial charge in [0.05, 0.1) is 18.0 Å². The molecule has 0 amide bonds. The lowest BCUT2D eigenvalue weighted by Gasteiger charge is -2.42. The summed E-state index contributed by atoms with van der Waals surface area (Å²) in [4.78, 5) is 14.1. The monoisotopic (exact) mass is 582 g/mol. The molecule has 4 heterocycles. The first kappa shape index (κ1) is 27.9. The van der Waals surface area contributed by atoms with Gasteiger partial charge in [0.1, 0.15) is 23.7 Å². The highest BCUT2D eigenvalue weighted by Crippen LogP contribution is 2.38. The fourth-order valence-electron chi connectivity index (χ4n) is 7.06. The third-order valence-electron chi connectivity index (χ3n) is 9.43. The Balaban J connectivity index is 1.11. The quantitative estimate of drug-likeness (QED) is 0.274. The topological polar surface area (TPSA) is 101 Å². The van der Waals surface area contributed by atoms with Crippen molar-refractivity contribution >= 4 is 27.8 Å². The molecule has 224 valence electrons. The third-order valence-corrected chi connectivity index (χ3v) is 9.43. The Hall–Kier alpha value is -3.86. The highest BCUT2D eigenvalue weighted by Gasteiger charge is 2.31. The number of nitrogen functional groups attached to an aromatic ring is 1. The summed E-state index contributed by atoms with van der Waals surface area (Å²) < 4.78 is 18.5. The van der Waals surface area contributed by atoms with Crippen LogP contribution in [0.1, 0.15) is 43.7 Å². The lowest BCUT2D eigenvalue weighted by molar-refractivity contribution is 0.0680. The summed E-state index contributed by atoms with van der Waals surface area (Å²) in [6, 6.07) is 16.1. The molecule has 3 N–H and O–H groups in total. The van der Waals surface area contributed by atoms with Gasteiger partial charge in [-0.1, -0.05) is 24.3 Å². The van der Waals surface area contributed by atoms with Crippen LogP contribution in [0.15, 0.2) is 61.1 Å². The molecule has 0 bridgehead atoms. The Morgan fingerprint density at radius 3 is 2.51 bits per heavy atom. The Bertz CT molecular complexity index is 1720. The Morgan fingerprint density at radius 2 is 1.72 bits per heavy atom. The van der Waals surface area contributed by atoms with Crippen LogP contribution in [0.2, 0.25) is 0 Å². The first-order valence-electron chi connectivity index (χ1n) is 15.5. The number of anilines is 1. The second-order valence-corrected chi connectivity index (χ2v) is 12.0. The normalized spacial score (nSPS) is 20.3. The molecule has 2 aromatic carbocycles. The molecule has 0 atom stereocenters. The number of hydrogen-bond donors (Lipinski definition) is 2. The zero-order valence-corrected chi connectivity index (χ0v) is 24.4. The molecule has 1 aliphatic carbocycles. The third kappa shape index (κ3) is 5.50. The Kier molecular flexibility index (Phi) is 7.81. The number of aliphatic hydroxyl groups is 1. The van der Waals surface area contributed by atoms with Crippen molar-refractivity contribution in [3.63, 3.8) is 0 Å². The summed E-state index contributed by atoms with van der Waals surface area (Å²) in [6.07, 6.45) is 8.77. The molecular weight excluding hydrogens is 543 g/mol. The lowest BCUT2D eigenvalue weighted by Crippen LogP contribution is -2.51. The highest BCUT2D eigenvalue weighted by molar-refractivity contribution is 6.00. The molecule has 5 aromatic rings. The number of rotatable bonds is 8. The van der Waals surface area contributed by atoms with E-state index >= 15 is 0 Å². The molecule has 10 heteroatoms. The largest absolute Gasteiger partial charge is 0.396 e. The molecule has 43 heavy (non-hydrogen) atoms. The maximum atomic E-state index is 14.3. The number of halogens is 1. The number of aromatic nitrogens is 5. The smallest absolute Gasteiger partial charge is 0.164 e. The number of fused-ring (bicyclic) bond motifs is 2. The molecule has 0 unspecified atom stereocenters. The molecular formula is C33H39FN8O. The first-order valence-corrected chi connectivity index (χ1v) is 15.5. The second-order valence-electron chi connectivity index (χ2n) is 12.0. The minimum atomic E-state index is -0.195. The maximum Gasteiger partial charge on any atom is 0.164 e. The molecule has 0 radical (unpaired) electrons. The van der Waals surface area contributed by atoms with E-state index in [4.69, 9.17) is 15.9 Å². The first-order chi connectivity index (χ1) is 21.1. The van der Waals surface area contributed by atoms with Crippen LogP contribution in [0.5, 0.6) is 0 Å². The van der Waals surface area contributed by atoms with Gasteiger partial charge >= 0.3 is 0 Å². The highest BCUT2D eigenvalue weighted by atomic mass is 19.1. The molecule has 7 rings (SSSR count). The molecule has 0 spiro atoms. The van der Waals surface area contributed by atoms with Crippen molar-refractivity contribution in [2.24, 2.45) is 0 Å². The van der Waals surface area contributed by atoms with E-state index in [9.17, 15) is 4.39 Å². The van der Waals surface area contributed by atoms with E-state index in [1.165, 1.54) is 12.4 Å². The second kappa shape index (κ2) is 12.0. The van der Waals surface area contributed by atoms with Crippen molar-refractivity contribution in [3.05, 3.63) is 72.4 Å². The molecule has 3 aromatic heterocycles. The zero-order valence-electron chi connectivity index (χ0n) is 24.4. The minimum Gasteiger partial charge on any atom is -0.396 e. The van der Waals surface area contributed by atoms with Gasteiger partial charge in [-0.25, -0.2) is 19.0 Å². The molecule has 1 aliphatic heterocycles. The van der Waals surface area contributed by atoms with Crippen LogP contribution in [0.3, 0.4) is 0 Å². The van der Waals surface area contributed by atoms with Crippen LogP contribution < -0.4 is 5.73 Å². The van der Waals surface area contributed by atoms with Crippen LogP contribution >= 0.6 is 0 Å². The van der Waals surface area contributed by atoms with Crippen molar-refractivity contribution in [2.45, 2.75) is 50.7 Å². The van der Waals surface area contributed by atoms with E-state index in [0.717, 1.165) is 98.0 Å². The van der Waals surface area contributed by atoms with Gasteiger partial charge in [-0.05, 0) is 56.4 Å². The van der Waals surface area contributed by atoms with E-state index in [2.05, 4.69) is 53.3 Å². The van der Waals surface area contributed by atoms with Crippen LogP contribution in [-0.2, 0) is 6.54 Å². The summed E-state index contributed by atoms with van der Waals surface area (Å²) in [5.41, 5.74) is 10.7. The van der Waals surface area contributed by atoms with Gasteiger partial charge in [0.25, 0.3) is 0 Å². The summed E-state index contributed by atoms with van der Waals surface area (Å²) >= 11 is 0. The standard InChI is InChI=1S/C33H39FN8O/c34-28-5-2-1-4-25(28)21-41-14-12-23-20-24(6-11-29(23)41)31-30-32(35)36-22-37-33(30)42(38-31)27-9-7-26(8-10-27)40-17-15-39(16-18-40)13-3-19-43/h1-2,4-6,11-12,14,20,22,26-27,43H,3,7-10,13,15-19,21H2,(H2,35,36,37). The number of piperazine rings is 1. The Labute approximate surface area is 250 Å². The van der Waals surface area contributed by atoms with Gasteiger partial charge in [-0.15, -0.1) is 0 Å². The van der Waals surface area contributed by atoms with Gasteiger partial charge in [0, 0.05) is 73.6 Å². The van der Waals surface area contributed by atoms with Gasteiger partial charge in [0.15, 0.2) is 5.65 Å². The average Bonchev–Trinajstić information content (AvgIpc) is 3.63. The van der Waals surface area contributed by atoms with E-state index in [0.29, 0.717) is 24.0 Å². The fourth-order valence-corrected chi connectivity index (χ4v) is 7.06. The number of hydrogen-bond acceptors (Lipinski definition) is 7. The summed E-state index contributed by atoms with van der Waals surface area (Å²) in [6.45, 7) is 6.09. The number of nitrogens with zero attached hydrogens (tertiary/aromatic N) is 7. The van der Waals surface area contributed by atoms with Gasteiger partial charge in [-0.3, -0.25) is 4.90 Å². The number of nitrogens with two attached hydrogens (primary N) is 1. The average molecular weight is 583 g/mol.